The summed E-state index contributed by atoms with van der Waals surface area (Å²) < 4.78 is 4.64. The fourth-order valence-corrected chi connectivity index (χ4v) is 3.54. The number of hydrogen-bond donors (Lipinski definition) is 1. The van der Waals surface area contributed by atoms with Crippen molar-refractivity contribution in [1.29, 1.82) is 0 Å². The molecule has 1 aliphatic carbocycles. The van der Waals surface area contributed by atoms with E-state index in [-0.39, 0.29) is 18.0 Å². The molecule has 0 aliphatic heterocycles. The lowest BCUT2D eigenvalue weighted by Crippen LogP contribution is -2.13. The topological polar surface area (TPSA) is 76.0 Å². The minimum atomic E-state index is -0.398. The van der Waals surface area contributed by atoms with Crippen LogP contribution < -0.4 is 0 Å². The summed E-state index contributed by atoms with van der Waals surface area (Å²) in [5.74, 6) is -0.142. The van der Waals surface area contributed by atoms with Crippen LogP contribution in [0.1, 0.15) is 78.1 Å². The molecule has 3 atom stereocenters. The lowest BCUT2D eigenvalue weighted by atomic mass is 9.93. The molecule has 0 amide bonds. The first-order valence-corrected chi connectivity index (χ1v) is 11.3. The molecule has 0 saturated carbocycles. The molecule has 0 aromatic carbocycles. The number of nitrogens with zero attached hydrogens (tertiary/aromatic N) is 1. The summed E-state index contributed by atoms with van der Waals surface area (Å²) in [5, 5.41) is 13.3. The van der Waals surface area contributed by atoms with Crippen LogP contribution in [0.5, 0.6) is 0 Å². The molecule has 0 spiro atoms. The van der Waals surface area contributed by atoms with Crippen LogP contribution in [0.2, 0.25) is 0 Å². The summed E-state index contributed by atoms with van der Waals surface area (Å²) in [4.78, 5) is 22.4. The highest BCUT2D eigenvalue weighted by Gasteiger charge is 2.15. The number of carbonyl (C=O) groups is 1. The highest BCUT2D eigenvalue weighted by Crippen LogP contribution is 2.24. The van der Waals surface area contributed by atoms with Gasteiger partial charge in [0.2, 0.25) is 0 Å². The van der Waals surface area contributed by atoms with E-state index in [1.54, 1.807) is 0 Å². The van der Waals surface area contributed by atoms with Gasteiger partial charge in [-0.05, 0) is 55.6 Å². The number of hydrogen-bond acceptors (Lipinski definition) is 5. The molecule has 0 heterocycles. The smallest absolute Gasteiger partial charge is 0.305 e. The molecule has 0 fully saturated rings. The quantitative estimate of drug-likeness (QED) is 0.208. The summed E-state index contributed by atoms with van der Waals surface area (Å²) in [7, 11) is 1.38. The Morgan fingerprint density at radius 2 is 2.03 bits per heavy atom. The molecule has 3 unspecified atom stereocenters. The Morgan fingerprint density at radius 1 is 1.23 bits per heavy atom. The molecule has 30 heavy (non-hydrogen) atoms. The number of allylic oxidation sites excluding steroid dienone is 6. The minimum absolute atomic E-state index is 0.0800. The molecule has 1 rings (SSSR count). The fourth-order valence-electron chi connectivity index (χ4n) is 3.54. The van der Waals surface area contributed by atoms with Crippen LogP contribution in [-0.2, 0) is 9.53 Å². The zero-order valence-corrected chi connectivity index (χ0v) is 18.9. The molecule has 1 aliphatic rings. The molecule has 0 saturated heterocycles. The second-order valence-corrected chi connectivity index (χ2v) is 8.16. The third-order valence-corrected chi connectivity index (χ3v) is 5.53. The normalized spacial score (nSPS) is 19.1. The average Bonchev–Trinajstić information content (AvgIpc) is 2.75. The lowest BCUT2D eigenvalue weighted by Gasteiger charge is -2.14. The molecule has 5 nitrogen and oxygen atoms in total. The van der Waals surface area contributed by atoms with Gasteiger partial charge in [-0.1, -0.05) is 74.7 Å². The lowest BCUT2D eigenvalue weighted by molar-refractivity contribution is -0.140. The summed E-state index contributed by atoms with van der Waals surface area (Å²) in [5.41, 5.74) is 2.46. The predicted molar refractivity (Wildman–Crippen MR) is 123 cm³/mol. The molecule has 0 bridgehead atoms. The Bertz CT molecular complexity index is 633. The standard InChI is InChI=1S/C25H39NO4/c1-4-5-6-14-23(27)18-17-22-12-8-11-21(19-22)13-9-15-24(26-29)20(2)10-7-16-25(28)30-3/h9,13,15,17-20,23-24,27H,4-8,10-12,14,16H2,1-3H3/b15-9+,18-17+,21-13-. The molecule has 0 aromatic rings. The van der Waals surface area contributed by atoms with Gasteiger partial charge in [0, 0.05) is 6.42 Å². The largest absolute Gasteiger partial charge is 0.469 e. The molecule has 5 heteroatoms. The highest BCUT2D eigenvalue weighted by atomic mass is 16.5. The van der Waals surface area contributed by atoms with Gasteiger partial charge in [0.15, 0.2) is 0 Å². The van der Waals surface area contributed by atoms with E-state index in [2.05, 4.69) is 22.9 Å². The van der Waals surface area contributed by atoms with Gasteiger partial charge in [0.1, 0.15) is 6.04 Å². The maximum absolute atomic E-state index is 11.2. The van der Waals surface area contributed by atoms with Crippen molar-refractivity contribution in [3.05, 3.63) is 52.5 Å². The maximum atomic E-state index is 11.2. The monoisotopic (exact) mass is 417 g/mol. The summed E-state index contributed by atoms with van der Waals surface area (Å²) in [6, 6.07) is -0.398. The molecule has 1 N–H and O–H groups in total. The SMILES string of the molecule is CCCCCC(O)/C=C/C1=CC(=C\C=C\C(N=O)C(C)CCCC(=O)OC)/CCC1. The summed E-state index contributed by atoms with van der Waals surface area (Å²) in [6.07, 6.45) is 20.7. The van der Waals surface area contributed by atoms with Crippen molar-refractivity contribution >= 4 is 5.97 Å². The van der Waals surface area contributed by atoms with Crippen LogP contribution >= 0.6 is 0 Å². The second-order valence-electron chi connectivity index (χ2n) is 8.16. The third-order valence-electron chi connectivity index (χ3n) is 5.53. The number of nitroso groups, excluding NO2 is 1. The third kappa shape index (κ3) is 11.2. The summed E-state index contributed by atoms with van der Waals surface area (Å²) >= 11 is 0. The van der Waals surface area contributed by atoms with Crippen molar-refractivity contribution in [3.63, 3.8) is 0 Å². The van der Waals surface area contributed by atoms with E-state index in [4.69, 9.17) is 0 Å². The van der Waals surface area contributed by atoms with Crippen molar-refractivity contribution in [2.45, 2.75) is 90.2 Å². The number of methoxy groups -OCH3 is 1. The molecular formula is C25H39NO4. The van der Waals surface area contributed by atoms with Crippen LogP contribution in [0.25, 0.3) is 0 Å². The van der Waals surface area contributed by atoms with Crippen molar-refractivity contribution in [2.75, 3.05) is 7.11 Å². The van der Waals surface area contributed by atoms with Gasteiger partial charge < -0.3 is 9.84 Å². The second kappa shape index (κ2) is 15.8. The number of aliphatic hydroxyl groups excluding tert-OH is 1. The Kier molecular flexibility index (Phi) is 13.7. The number of aliphatic hydroxyl groups is 1. The highest BCUT2D eigenvalue weighted by molar-refractivity contribution is 5.68. The van der Waals surface area contributed by atoms with Gasteiger partial charge >= 0.3 is 5.97 Å². The van der Waals surface area contributed by atoms with Crippen LogP contribution in [0.4, 0.5) is 0 Å². The molecule has 0 radical (unpaired) electrons. The van der Waals surface area contributed by atoms with Crippen molar-refractivity contribution in [3.8, 4) is 0 Å². The predicted octanol–water partition coefficient (Wildman–Crippen LogP) is 6.19. The van der Waals surface area contributed by atoms with E-state index in [1.165, 1.54) is 18.3 Å². The van der Waals surface area contributed by atoms with Gasteiger partial charge in [-0.25, -0.2) is 0 Å². The Labute approximate surface area is 181 Å². The van der Waals surface area contributed by atoms with E-state index in [1.807, 2.05) is 37.3 Å². The number of carbonyl (C=O) groups excluding carboxylic acids is 1. The van der Waals surface area contributed by atoms with E-state index >= 15 is 0 Å². The van der Waals surface area contributed by atoms with E-state index in [9.17, 15) is 14.8 Å². The van der Waals surface area contributed by atoms with Crippen LogP contribution in [0.3, 0.4) is 0 Å². The van der Waals surface area contributed by atoms with E-state index in [0.717, 1.165) is 51.4 Å². The van der Waals surface area contributed by atoms with Gasteiger partial charge in [0.05, 0.1) is 13.2 Å². The molecule has 0 aromatic heterocycles. The number of rotatable bonds is 14. The first-order chi connectivity index (χ1) is 14.5. The Balaban J connectivity index is 2.57. The van der Waals surface area contributed by atoms with E-state index < -0.39 is 6.04 Å². The zero-order valence-electron chi connectivity index (χ0n) is 18.9. The van der Waals surface area contributed by atoms with Crippen LogP contribution in [-0.4, -0.2) is 30.3 Å². The van der Waals surface area contributed by atoms with Crippen LogP contribution in [0, 0.1) is 10.8 Å². The minimum Gasteiger partial charge on any atom is -0.469 e. The summed E-state index contributed by atoms with van der Waals surface area (Å²) in [6.45, 7) is 4.15. The van der Waals surface area contributed by atoms with Gasteiger partial charge in [0.25, 0.3) is 0 Å². The number of esters is 1. The zero-order chi connectivity index (χ0) is 22.2. The van der Waals surface area contributed by atoms with Gasteiger partial charge in [-0.15, -0.1) is 0 Å². The van der Waals surface area contributed by atoms with Gasteiger partial charge in [-0.3, -0.25) is 4.79 Å². The number of unbranched alkanes of at least 4 members (excludes halogenated alkanes) is 2. The fraction of sp³-hybridized carbons (Fsp3) is 0.640. The van der Waals surface area contributed by atoms with Crippen molar-refractivity contribution in [1.82, 2.24) is 0 Å². The van der Waals surface area contributed by atoms with Gasteiger partial charge in [-0.2, -0.15) is 4.91 Å². The Morgan fingerprint density at radius 3 is 2.73 bits per heavy atom. The first-order valence-electron chi connectivity index (χ1n) is 11.3. The molecule has 168 valence electrons. The molecular weight excluding hydrogens is 378 g/mol. The number of ether oxygens (including phenoxy) is 1. The maximum Gasteiger partial charge on any atom is 0.305 e. The van der Waals surface area contributed by atoms with Crippen molar-refractivity contribution < 1.29 is 14.6 Å². The Hall–Kier alpha value is -2.01. The van der Waals surface area contributed by atoms with E-state index in [0.29, 0.717) is 12.8 Å². The average molecular weight is 418 g/mol. The first kappa shape index (κ1) is 26.0. The van der Waals surface area contributed by atoms with Crippen LogP contribution in [0.15, 0.2) is 52.8 Å². The van der Waals surface area contributed by atoms with Crippen molar-refractivity contribution in [2.24, 2.45) is 11.1 Å².